The van der Waals surface area contributed by atoms with E-state index < -0.39 is 0 Å². The number of hydrogen-bond acceptors (Lipinski definition) is 4. The quantitative estimate of drug-likeness (QED) is 0.685. The predicted molar refractivity (Wildman–Crippen MR) is 99.7 cm³/mol. The van der Waals surface area contributed by atoms with Gasteiger partial charge in [0.25, 0.3) is 5.56 Å². The van der Waals surface area contributed by atoms with Crippen molar-refractivity contribution in [3.05, 3.63) is 68.6 Å². The third-order valence-corrected chi connectivity index (χ3v) is 4.89. The van der Waals surface area contributed by atoms with Crippen molar-refractivity contribution in [1.29, 1.82) is 0 Å². The van der Waals surface area contributed by atoms with E-state index in [-0.39, 0.29) is 5.56 Å². The summed E-state index contributed by atoms with van der Waals surface area (Å²) in [5.74, 6) is 0. The maximum absolute atomic E-state index is 12.3. The van der Waals surface area contributed by atoms with Gasteiger partial charge in [-0.15, -0.1) is 11.3 Å². The number of benzene rings is 1. The van der Waals surface area contributed by atoms with Crippen LogP contribution in [0.15, 0.2) is 41.3 Å². The smallest absolute Gasteiger partial charge is 0.258 e. The van der Waals surface area contributed by atoms with Gasteiger partial charge in [-0.25, -0.2) is 4.98 Å². The fourth-order valence-electron chi connectivity index (χ4n) is 2.85. The van der Waals surface area contributed by atoms with E-state index in [2.05, 4.69) is 48.0 Å². The Kier molecular flexibility index (Phi) is 5.11. The molecule has 3 aromatic rings. The Balaban J connectivity index is 1.82. The van der Waals surface area contributed by atoms with Crippen LogP contribution >= 0.6 is 11.3 Å². The van der Waals surface area contributed by atoms with Crippen molar-refractivity contribution in [3.63, 3.8) is 0 Å². The fourth-order valence-corrected chi connectivity index (χ4v) is 3.70. The highest BCUT2D eigenvalue weighted by Gasteiger charge is 2.10. The molecule has 2 heterocycles. The van der Waals surface area contributed by atoms with E-state index in [0.717, 1.165) is 35.0 Å². The summed E-state index contributed by atoms with van der Waals surface area (Å²) < 4.78 is 1.63. The summed E-state index contributed by atoms with van der Waals surface area (Å²) in [6.45, 7) is 8.83. The minimum Gasteiger partial charge on any atom is -0.293 e. The average Bonchev–Trinajstić information content (AvgIpc) is 2.91. The van der Waals surface area contributed by atoms with E-state index >= 15 is 0 Å². The van der Waals surface area contributed by atoms with Crippen molar-refractivity contribution in [1.82, 2.24) is 14.3 Å². The van der Waals surface area contributed by atoms with Crippen LogP contribution < -0.4 is 5.56 Å². The van der Waals surface area contributed by atoms with Crippen LogP contribution in [0.25, 0.3) is 4.96 Å². The van der Waals surface area contributed by atoms with Crippen molar-refractivity contribution in [3.8, 4) is 0 Å². The van der Waals surface area contributed by atoms with Gasteiger partial charge in [0, 0.05) is 30.2 Å². The maximum atomic E-state index is 12.3. The summed E-state index contributed by atoms with van der Waals surface area (Å²) in [5, 5.41) is 0. The lowest BCUT2D eigenvalue weighted by atomic mass is 10.1. The maximum Gasteiger partial charge on any atom is 0.258 e. The van der Waals surface area contributed by atoms with Crippen LogP contribution in [-0.4, -0.2) is 20.8 Å². The molecule has 0 bridgehead atoms. The predicted octanol–water partition coefficient (Wildman–Crippen LogP) is 3.79. The highest BCUT2D eigenvalue weighted by Crippen LogP contribution is 2.15. The van der Waals surface area contributed by atoms with Crippen LogP contribution in [0.5, 0.6) is 0 Å². The van der Waals surface area contributed by atoms with Crippen LogP contribution in [0, 0.1) is 13.8 Å². The molecule has 0 aliphatic heterocycles. The van der Waals surface area contributed by atoms with E-state index in [0.29, 0.717) is 6.54 Å². The summed E-state index contributed by atoms with van der Waals surface area (Å²) in [4.78, 5) is 21.2. The van der Waals surface area contributed by atoms with Crippen molar-refractivity contribution < 1.29 is 0 Å². The van der Waals surface area contributed by atoms with Crippen LogP contribution in [0.1, 0.15) is 35.0 Å². The van der Waals surface area contributed by atoms with E-state index in [1.54, 1.807) is 21.8 Å². The normalized spacial score (nSPS) is 11.5. The summed E-state index contributed by atoms with van der Waals surface area (Å²) in [7, 11) is 0. The molecule has 0 saturated carbocycles. The first-order valence-electron chi connectivity index (χ1n) is 8.32. The van der Waals surface area contributed by atoms with Gasteiger partial charge < -0.3 is 0 Å². The van der Waals surface area contributed by atoms with E-state index in [4.69, 9.17) is 0 Å². The standard InChI is InChI=1S/C19H23N3OS/c1-4-9-21(12-16-7-5-14(2)6-8-16)13-17-10-18(23)22-11-15(3)24-19(22)20-17/h5-8,10-11H,4,9,12-13H2,1-3H3. The molecule has 2 aromatic heterocycles. The molecule has 126 valence electrons. The van der Waals surface area contributed by atoms with Crippen molar-refractivity contribution >= 4 is 16.3 Å². The highest BCUT2D eigenvalue weighted by molar-refractivity contribution is 7.16. The van der Waals surface area contributed by atoms with Gasteiger partial charge in [0.2, 0.25) is 0 Å². The molecule has 0 aliphatic rings. The molecule has 1 aromatic carbocycles. The Morgan fingerprint density at radius 1 is 1.17 bits per heavy atom. The van der Waals surface area contributed by atoms with Gasteiger partial charge in [-0.3, -0.25) is 14.1 Å². The zero-order chi connectivity index (χ0) is 17.1. The van der Waals surface area contributed by atoms with Crippen molar-refractivity contribution in [2.24, 2.45) is 0 Å². The van der Waals surface area contributed by atoms with Crippen LogP contribution in [0.3, 0.4) is 0 Å². The summed E-state index contributed by atoms with van der Waals surface area (Å²) in [5.41, 5.74) is 3.42. The molecular formula is C19H23N3OS. The molecule has 4 nitrogen and oxygen atoms in total. The molecule has 24 heavy (non-hydrogen) atoms. The second-order valence-corrected chi connectivity index (χ2v) is 7.49. The molecule has 0 radical (unpaired) electrons. The molecule has 0 aliphatic carbocycles. The Hall–Kier alpha value is -1.98. The third kappa shape index (κ3) is 3.91. The molecule has 0 spiro atoms. The van der Waals surface area contributed by atoms with Gasteiger partial charge in [-0.1, -0.05) is 36.8 Å². The first-order chi connectivity index (χ1) is 11.5. The van der Waals surface area contributed by atoms with E-state index in [1.165, 1.54) is 11.1 Å². The lowest BCUT2D eigenvalue weighted by Gasteiger charge is -2.21. The molecule has 0 saturated heterocycles. The number of hydrogen-bond donors (Lipinski definition) is 0. The Labute approximate surface area is 146 Å². The SMILES string of the molecule is CCCN(Cc1ccc(C)cc1)Cc1cc(=O)n2cc(C)sc2n1. The van der Waals surface area contributed by atoms with Crippen LogP contribution in [-0.2, 0) is 13.1 Å². The second kappa shape index (κ2) is 7.28. The molecule has 0 atom stereocenters. The largest absolute Gasteiger partial charge is 0.293 e. The molecule has 0 amide bonds. The molecule has 0 unspecified atom stereocenters. The first-order valence-corrected chi connectivity index (χ1v) is 9.13. The average molecular weight is 341 g/mol. The number of aromatic nitrogens is 2. The number of aryl methyl sites for hydroxylation is 2. The van der Waals surface area contributed by atoms with Crippen molar-refractivity contribution in [2.45, 2.75) is 40.3 Å². The van der Waals surface area contributed by atoms with Gasteiger partial charge in [0.05, 0.1) is 5.69 Å². The number of fused-ring (bicyclic) bond motifs is 1. The monoisotopic (exact) mass is 341 g/mol. The van der Waals surface area contributed by atoms with Crippen molar-refractivity contribution in [2.75, 3.05) is 6.54 Å². The highest BCUT2D eigenvalue weighted by atomic mass is 32.1. The minimum atomic E-state index is 0.00568. The van der Waals surface area contributed by atoms with E-state index in [9.17, 15) is 4.79 Å². The topological polar surface area (TPSA) is 37.6 Å². The first kappa shape index (κ1) is 16.9. The van der Waals surface area contributed by atoms with Gasteiger partial charge in [-0.2, -0.15) is 0 Å². The van der Waals surface area contributed by atoms with E-state index in [1.807, 2.05) is 13.1 Å². The van der Waals surface area contributed by atoms with Gasteiger partial charge in [0.15, 0.2) is 4.96 Å². The zero-order valence-corrected chi connectivity index (χ0v) is 15.3. The van der Waals surface area contributed by atoms with Crippen LogP contribution in [0.4, 0.5) is 0 Å². The molecular weight excluding hydrogens is 318 g/mol. The molecule has 0 fully saturated rings. The fraction of sp³-hybridized carbons (Fsp3) is 0.368. The van der Waals surface area contributed by atoms with Gasteiger partial charge in [0.1, 0.15) is 0 Å². The summed E-state index contributed by atoms with van der Waals surface area (Å²) >= 11 is 1.56. The Morgan fingerprint density at radius 2 is 1.92 bits per heavy atom. The van der Waals surface area contributed by atoms with Crippen LogP contribution in [0.2, 0.25) is 0 Å². The second-order valence-electron chi connectivity index (χ2n) is 6.28. The van der Waals surface area contributed by atoms with Gasteiger partial charge in [-0.05, 0) is 32.4 Å². The number of thiazole rings is 1. The molecule has 5 heteroatoms. The lowest BCUT2D eigenvalue weighted by molar-refractivity contribution is 0.254. The Bertz CT molecular complexity index is 880. The Morgan fingerprint density at radius 3 is 2.62 bits per heavy atom. The minimum absolute atomic E-state index is 0.00568. The molecule has 3 rings (SSSR count). The third-order valence-electron chi connectivity index (χ3n) is 3.99. The summed E-state index contributed by atoms with van der Waals surface area (Å²) in [6.07, 6.45) is 2.93. The number of nitrogens with zero attached hydrogens (tertiary/aromatic N) is 3. The summed E-state index contributed by atoms with van der Waals surface area (Å²) in [6, 6.07) is 10.3. The lowest BCUT2D eigenvalue weighted by Crippen LogP contribution is -2.25. The number of rotatable bonds is 6. The molecule has 0 N–H and O–H groups in total. The van der Waals surface area contributed by atoms with Gasteiger partial charge >= 0.3 is 0 Å². The zero-order valence-electron chi connectivity index (χ0n) is 14.5.